The van der Waals surface area contributed by atoms with Crippen LogP contribution in [0.1, 0.15) is 28.8 Å². The molecule has 1 aliphatic heterocycles. The van der Waals surface area contributed by atoms with Crippen molar-refractivity contribution in [2.24, 2.45) is 0 Å². The number of likely N-dealkylation sites (N-methyl/N-ethyl adjacent to an activating group) is 1. The number of carbonyl (C=O) groups is 1. The second-order valence-corrected chi connectivity index (χ2v) is 10.1. The lowest BCUT2D eigenvalue weighted by Crippen LogP contribution is -2.36. The number of benzene rings is 2. The molecule has 0 aromatic heterocycles. The second kappa shape index (κ2) is 9.92. The second-order valence-electron chi connectivity index (χ2n) is 7.77. The molecule has 1 heterocycles. The van der Waals surface area contributed by atoms with Gasteiger partial charge in [-0.25, -0.2) is 8.42 Å². The molecule has 0 spiro atoms. The summed E-state index contributed by atoms with van der Waals surface area (Å²) in [5, 5.41) is 0.253. The summed E-state index contributed by atoms with van der Waals surface area (Å²) in [5.74, 6) is -0.274. The van der Waals surface area contributed by atoms with Gasteiger partial charge in [-0.3, -0.25) is 4.79 Å². The highest BCUT2D eigenvalue weighted by Gasteiger charge is 2.29. The molecule has 0 unspecified atom stereocenters. The van der Waals surface area contributed by atoms with Crippen LogP contribution in [-0.2, 0) is 16.6 Å². The molecule has 162 valence electrons. The first-order chi connectivity index (χ1) is 14.3. The van der Waals surface area contributed by atoms with E-state index in [1.54, 1.807) is 4.90 Å². The number of amides is 1. The molecule has 1 fully saturated rings. The standard InChI is InChI=1S/C22H28ClN3O3S/c1-24(2)14-15-25(17-18-8-4-3-5-9-18)22(27)20-16-19(10-11-21(20)23)30(28,29)26-12-6-7-13-26/h3-5,8-11,16H,6-7,12-15,17H2,1-2H3. The third kappa shape index (κ3) is 5.40. The Labute approximate surface area is 184 Å². The van der Waals surface area contributed by atoms with Crippen LogP contribution in [0.5, 0.6) is 0 Å². The van der Waals surface area contributed by atoms with E-state index in [2.05, 4.69) is 0 Å². The summed E-state index contributed by atoms with van der Waals surface area (Å²) in [6.45, 7) is 2.63. The molecular weight excluding hydrogens is 422 g/mol. The number of hydrogen-bond acceptors (Lipinski definition) is 4. The van der Waals surface area contributed by atoms with Crippen molar-refractivity contribution in [3.8, 4) is 0 Å². The fraction of sp³-hybridized carbons (Fsp3) is 0.409. The minimum atomic E-state index is -3.63. The van der Waals surface area contributed by atoms with Gasteiger partial charge in [0.2, 0.25) is 10.0 Å². The van der Waals surface area contributed by atoms with Gasteiger partial charge in [0, 0.05) is 32.7 Å². The topological polar surface area (TPSA) is 60.9 Å². The molecule has 0 N–H and O–H groups in total. The number of halogens is 1. The highest BCUT2D eigenvalue weighted by Crippen LogP contribution is 2.26. The van der Waals surface area contributed by atoms with E-state index in [0.717, 1.165) is 18.4 Å². The quantitative estimate of drug-likeness (QED) is 0.620. The van der Waals surface area contributed by atoms with Crippen LogP contribution in [-0.4, -0.2) is 68.7 Å². The predicted molar refractivity (Wildman–Crippen MR) is 119 cm³/mol. The number of hydrogen-bond donors (Lipinski definition) is 0. The van der Waals surface area contributed by atoms with Gasteiger partial charge >= 0.3 is 0 Å². The lowest BCUT2D eigenvalue weighted by atomic mass is 10.1. The number of sulfonamides is 1. The summed E-state index contributed by atoms with van der Waals surface area (Å²) in [5.41, 5.74) is 1.22. The molecule has 0 radical (unpaired) electrons. The van der Waals surface area contributed by atoms with Gasteiger partial charge in [-0.15, -0.1) is 0 Å². The Hall–Kier alpha value is -1.93. The summed E-state index contributed by atoms with van der Waals surface area (Å²) in [7, 11) is 0.266. The van der Waals surface area contributed by atoms with E-state index < -0.39 is 10.0 Å². The van der Waals surface area contributed by atoms with Gasteiger partial charge in [0.15, 0.2) is 0 Å². The summed E-state index contributed by atoms with van der Waals surface area (Å²) in [6.07, 6.45) is 1.71. The van der Waals surface area contributed by atoms with Crippen LogP contribution in [0.4, 0.5) is 0 Å². The zero-order valence-electron chi connectivity index (χ0n) is 17.4. The van der Waals surface area contributed by atoms with E-state index in [9.17, 15) is 13.2 Å². The summed E-state index contributed by atoms with van der Waals surface area (Å²) in [4.78, 5) is 17.2. The van der Waals surface area contributed by atoms with Crippen LogP contribution in [0.3, 0.4) is 0 Å². The Kier molecular flexibility index (Phi) is 7.52. The van der Waals surface area contributed by atoms with E-state index in [-0.39, 0.29) is 21.4 Å². The van der Waals surface area contributed by atoms with E-state index in [1.807, 2.05) is 49.3 Å². The molecule has 1 aliphatic rings. The predicted octanol–water partition coefficient (Wildman–Crippen LogP) is 3.33. The first-order valence-electron chi connectivity index (χ1n) is 10.1. The average molecular weight is 450 g/mol. The fourth-order valence-corrected chi connectivity index (χ4v) is 5.20. The maximum absolute atomic E-state index is 13.4. The molecule has 0 aliphatic carbocycles. The van der Waals surface area contributed by atoms with Crippen molar-refractivity contribution in [1.82, 2.24) is 14.1 Å². The van der Waals surface area contributed by atoms with Crippen molar-refractivity contribution in [2.75, 3.05) is 40.3 Å². The maximum atomic E-state index is 13.4. The molecule has 1 amide bonds. The smallest absolute Gasteiger partial charge is 0.255 e. The largest absolute Gasteiger partial charge is 0.333 e. The average Bonchev–Trinajstić information content (AvgIpc) is 3.27. The molecule has 0 atom stereocenters. The van der Waals surface area contributed by atoms with Gasteiger partial charge in [-0.05, 0) is 50.7 Å². The van der Waals surface area contributed by atoms with E-state index in [4.69, 9.17) is 11.6 Å². The molecule has 0 saturated carbocycles. The van der Waals surface area contributed by atoms with Crippen molar-refractivity contribution in [3.63, 3.8) is 0 Å². The third-order valence-corrected chi connectivity index (χ3v) is 7.42. The minimum Gasteiger partial charge on any atom is -0.333 e. The van der Waals surface area contributed by atoms with Crippen LogP contribution in [0.15, 0.2) is 53.4 Å². The molecule has 6 nitrogen and oxygen atoms in total. The van der Waals surface area contributed by atoms with Gasteiger partial charge in [-0.1, -0.05) is 41.9 Å². The maximum Gasteiger partial charge on any atom is 0.255 e. The summed E-state index contributed by atoms with van der Waals surface area (Å²) < 4.78 is 27.4. The van der Waals surface area contributed by atoms with Crippen molar-refractivity contribution in [1.29, 1.82) is 0 Å². The highest BCUT2D eigenvalue weighted by atomic mass is 35.5. The van der Waals surface area contributed by atoms with Crippen LogP contribution in [0.25, 0.3) is 0 Å². The summed E-state index contributed by atoms with van der Waals surface area (Å²) >= 11 is 6.34. The van der Waals surface area contributed by atoms with Crippen molar-refractivity contribution >= 4 is 27.5 Å². The van der Waals surface area contributed by atoms with Crippen LogP contribution < -0.4 is 0 Å². The highest BCUT2D eigenvalue weighted by molar-refractivity contribution is 7.89. The van der Waals surface area contributed by atoms with Gasteiger partial charge in [-0.2, -0.15) is 4.31 Å². The zero-order valence-corrected chi connectivity index (χ0v) is 19.0. The van der Waals surface area contributed by atoms with Crippen molar-refractivity contribution in [3.05, 3.63) is 64.7 Å². The third-order valence-electron chi connectivity index (χ3n) is 5.19. The Morgan fingerprint density at radius 1 is 1.03 bits per heavy atom. The van der Waals surface area contributed by atoms with Crippen LogP contribution in [0, 0.1) is 0 Å². The molecule has 2 aromatic carbocycles. The Morgan fingerprint density at radius 2 is 1.70 bits per heavy atom. The zero-order chi connectivity index (χ0) is 21.7. The molecule has 30 heavy (non-hydrogen) atoms. The van der Waals surface area contributed by atoms with Gasteiger partial charge < -0.3 is 9.80 Å². The minimum absolute atomic E-state index is 0.115. The monoisotopic (exact) mass is 449 g/mol. The normalized spacial score (nSPS) is 14.9. The Balaban J connectivity index is 1.91. The Morgan fingerprint density at radius 3 is 2.33 bits per heavy atom. The van der Waals surface area contributed by atoms with Crippen LogP contribution >= 0.6 is 11.6 Å². The molecule has 3 rings (SSSR count). The first kappa shape index (κ1) is 22.7. The van der Waals surface area contributed by atoms with Crippen molar-refractivity contribution in [2.45, 2.75) is 24.3 Å². The van der Waals surface area contributed by atoms with Crippen LogP contribution in [0.2, 0.25) is 5.02 Å². The van der Waals surface area contributed by atoms with E-state index in [1.165, 1.54) is 22.5 Å². The van der Waals surface area contributed by atoms with E-state index in [0.29, 0.717) is 32.7 Å². The fourth-order valence-electron chi connectivity index (χ4n) is 3.45. The Bertz CT molecular complexity index is 974. The van der Waals surface area contributed by atoms with Gasteiger partial charge in [0.1, 0.15) is 0 Å². The molecule has 1 saturated heterocycles. The van der Waals surface area contributed by atoms with E-state index >= 15 is 0 Å². The van der Waals surface area contributed by atoms with Gasteiger partial charge in [0.25, 0.3) is 5.91 Å². The first-order valence-corrected chi connectivity index (χ1v) is 11.9. The number of nitrogens with zero attached hydrogens (tertiary/aromatic N) is 3. The summed E-state index contributed by atoms with van der Waals surface area (Å²) in [6, 6.07) is 14.1. The number of carbonyl (C=O) groups excluding carboxylic acids is 1. The lowest BCUT2D eigenvalue weighted by Gasteiger charge is -2.25. The molecule has 2 aromatic rings. The molecule has 8 heteroatoms. The van der Waals surface area contributed by atoms with Gasteiger partial charge in [0.05, 0.1) is 15.5 Å². The molecule has 0 bridgehead atoms. The SMILES string of the molecule is CN(C)CCN(Cc1ccccc1)C(=O)c1cc(S(=O)(=O)N2CCCC2)ccc1Cl. The lowest BCUT2D eigenvalue weighted by molar-refractivity contribution is 0.0732. The number of rotatable bonds is 8. The van der Waals surface area contributed by atoms with Crippen molar-refractivity contribution < 1.29 is 13.2 Å². The molecular formula is C22H28ClN3O3S.